The molecule has 3 rings (SSSR count). The standard InChI is InChI=1S/C19H19N3O3/c1-12-4-6-13(7-5-12)11-20-17(23)14-8-9-15-16(10-14)22(3)19(25)18(24)21(15)2/h4-10H,11H2,1-3H3,(H,20,23). The van der Waals surface area contributed by atoms with E-state index in [2.05, 4.69) is 5.32 Å². The Bertz CT molecular complexity index is 1080. The van der Waals surface area contributed by atoms with Gasteiger partial charge in [-0.1, -0.05) is 29.8 Å². The Morgan fingerprint density at radius 1 is 0.920 bits per heavy atom. The lowest BCUT2D eigenvalue weighted by atomic mass is 10.1. The number of aromatic nitrogens is 2. The molecule has 0 bridgehead atoms. The summed E-state index contributed by atoms with van der Waals surface area (Å²) in [5.74, 6) is -0.233. The van der Waals surface area contributed by atoms with Crippen LogP contribution in [0.4, 0.5) is 0 Å². The summed E-state index contributed by atoms with van der Waals surface area (Å²) < 4.78 is 2.57. The van der Waals surface area contributed by atoms with Gasteiger partial charge in [0.15, 0.2) is 0 Å². The Morgan fingerprint density at radius 3 is 2.16 bits per heavy atom. The minimum Gasteiger partial charge on any atom is -0.348 e. The van der Waals surface area contributed by atoms with E-state index < -0.39 is 11.1 Å². The molecule has 0 aliphatic carbocycles. The van der Waals surface area contributed by atoms with E-state index in [0.29, 0.717) is 23.1 Å². The van der Waals surface area contributed by atoms with E-state index >= 15 is 0 Å². The van der Waals surface area contributed by atoms with Crippen LogP contribution in [0.2, 0.25) is 0 Å². The SMILES string of the molecule is Cc1ccc(CNC(=O)c2ccc3c(c2)n(C)c(=O)c(=O)n3C)cc1. The molecule has 3 aromatic rings. The number of carbonyl (C=O) groups excluding carboxylic acids is 1. The van der Waals surface area contributed by atoms with Crippen LogP contribution in [0.1, 0.15) is 21.5 Å². The summed E-state index contributed by atoms with van der Waals surface area (Å²) in [5.41, 5.74) is 2.54. The molecule has 1 N–H and O–H groups in total. The zero-order valence-electron chi connectivity index (χ0n) is 14.4. The van der Waals surface area contributed by atoms with Crippen LogP contribution in [-0.4, -0.2) is 15.0 Å². The largest absolute Gasteiger partial charge is 0.348 e. The van der Waals surface area contributed by atoms with E-state index in [4.69, 9.17) is 0 Å². The van der Waals surface area contributed by atoms with Crippen molar-refractivity contribution >= 4 is 16.9 Å². The second-order valence-corrected chi connectivity index (χ2v) is 6.10. The minimum atomic E-state index is -0.618. The maximum atomic E-state index is 12.4. The van der Waals surface area contributed by atoms with Gasteiger partial charge >= 0.3 is 11.1 Å². The van der Waals surface area contributed by atoms with Crippen molar-refractivity contribution in [2.24, 2.45) is 14.1 Å². The van der Waals surface area contributed by atoms with E-state index in [9.17, 15) is 14.4 Å². The normalized spacial score (nSPS) is 10.8. The molecule has 1 amide bonds. The van der Waals surface area contributed by atoms with E-state index in [1.165, 1.54) is 16.2 Å². The van der Waals surface area contributed by atoms with Crippen LogP contribution in [0.25, 0.3) is 11.0 Å². The molecule has 0 atom stereocenters. The lowest BCUT2D eigenvalue weighted by Gasteiger charge is -2.11. The molecule has 2 aromatic carbocycles. The molecule has 1 heterocycles. The molecular formula is C19H19N3O3. The van der Waals surface area contributed by atoms with Crippen LogP contribution in [0.3, 0.4) is 0 Å². The third-order valence-electron chi connectivity index (χ3n) is 4.33. The first kappa shape index (κ1) is 16.7. The van der Waals surface area contributed by atoms with Crippen molar-refractivity contribution in [1.29, 1.82) is 0 Å². The molecule has 0 spiro atoms. The van der Waals surface area contributed by atoms with Gasteiger partial charge in [0, 0.05) is 26.2 Å². The van der Waals surface area contributed by atoms with Gasteiger partial charge in [-0.2, -0.15) is 0 Å². The second-order valence-electron chi connectivity index (χ2n) is 6.10. The summed E-state index contributed by atoms with van der Waals surface area (Å²) >= 11 is 0. The molecule has 1 aromatic heterocycles. The van der Waals surface area contributed by atoms with Gasteiger partial charge < -0.3 is 14.5 Å². The highest BCUT2D eigenvalue weighted by molar-refractivity contribution is 5.97. The molecule has 6 nitrogen and oxygen atoms in total. The van der Waals surface area contributed by atoms with Crippen LogP contribution in [-0.2, 0) is 20.6 Å². The highest BCUT2D eigenvalue weighted by Gasteiger charge is 2.12. The fourth-order valence-corrected chi connectivity index (χ4v) is 2.71. The van der Waals surface area contributed by atoms with Gasteiger partial charge in [-0.3, -0.25) is 14.4 Å². The maximum Gasteiger partial charge on any atom is 0.316 e. The van der Waals surface area contributed by atoms with Crippen LogP contribution < -0.4 is 16.4 Å². The second kappa shape index (κ2) is 6.39. The van der Waals surface area contributed by atoms with Crippen molar-refractivity contribution < 1.29 is 4.79 Å². The van der Waals surface area contributed by atoms with Crippen molar-refractivity contribution in [1.82, 2.24) is 14.5 Å². The molecular weight excluding hydrogens is 318 g/mol. The number of aryl methyl sites for hydroxylation is 3. The highest BCUT2D eigenvalue weighted by Crippen LogP contribution is 2.13. The predicted molar refractivity (Wildman–Crippen MR) is 96.8 cm³/mol. The number of rotatable bonds is 3. The van der Waals surface area contributed by atoms with Crippen LogP contribution in [0.15, 0.2) is 52.1 Å². The predicted octanol–water partition coefficient (Wildman–Crippen LogP) is 1.48. The Hall–Kier alpha value is -3.15. The first-order valence-electron chi connectivity index (χ1n) is 7.92. The number of benzene rings is 2. The average Bonchev–Trinajstić information content (AvgIpc) is 2.63. The average molecular weight is 337 g/mol. The first-order valence-corrected chi connectivity index (χ1v) is 7.92. The van der Waals surface area contributed by atoms with E-state index in [0.717, 1.165) is 11.1 Å². The van der Waals surface area contributed by atoms with Crippen LogP contribution in [0.5, 0.6) is 0 Å². The Morgan fingerprint density at radius 2 is 1.52 bits per heavy atom. The topological polar surface area (TPSA) is 73.1 Å². The van der Waals surface area contributed by atoms with Crippen molar-refractivity contribution in [2.75, 3.05) is 0 Å². The van der Waals surface area contributed by atoms with E-state index in [1.807, 2.05) is 31.2 Å². The van der Waals surface area contributed by atoms with Crippen molar-refractivity contribution in [2.45, 2.75) is 13.5 Å². The number of hydrogen-bond acceptors (Lipinski definition) is 3. The van der Waals surface area contributed by atoms with Crippen molar-refractivity contribution in [3.05, 3.63) is 79.9 Å². The lowest BCUT2D eigenvalue weighted by Crippen LogP contribution is -2.39. The fourth-order valence-electron chi connectivity index (χ4n) is 2.71. The number of nitrogens with one attached hydrogen (secondary N) is 1. The number of fused-ring (bicyclic) bond motifs is 1. The van der Waals surface area contributed by atoms with E-state index in [1.54, 1.807) is 25.2 Å². The highest BCUT2D eigenvalue weighted by atomic mass is 16.2. The summed E-state index contributed by atoms with van der Waals surface area (Å²) in [6.45, 7) is 2.43. The number of carbonyl (C=O) groups is 1. The number of amides is 1. The molecule has 6 heteroatoms. The zero-order chi connectivity index (χ0) is 18.1. The monoisotopic (exact) mass is 337 g/mol. The third kappa shape index (κ3) is 3.10. The Labute approximate surface area is 144 Å². The summed E-state index contributed by atoms with van der Waals surface area (Å²) in [7, 11) is 3.07. The molecule has 0 aliphatic rings. The van der Waals surface area contributed by atoms with Crippen molar-refractivity contribution in [3.8, 4) is 0 Å². The van der Waals surface area contributed by atoms with Crippen LogP contribution >= 0.6 is 0 Å². The van der Waals surface area contributed by atoms with Gasteiger partial charge in [0.1, 0.15) is 0 Å². The molecule has 25 heavy (non-hydrogen) atoms. The molecule has 0 saturated heterocycles. The van der Waals surface area contributed by atoms with E-state index in [-0.39, 0.29) is 5.91 Å². The minimum absolute atomic E-state index is 0.233. The zero-order valence-corrected chi connectivity index (χ0v) is 14.4. The smallest absolute Gasteiger partial charge is 0.316 e. The molecule has 0 radical (unpaired) electrons. The summed E-state index contributed by atoms with van der Waals surface area (Å²) in [5, 5.41) is 2.86. The van der Waals surface area contributed by atoms with Gasteiger partial charge in [-0.05, 0) is 30.7 Å². The lowest BCUT2D eigenvalue weighted by molar-refractivity contribution is 0.0951. The first-order chi connectivity index (χ1) is 11.9. The molecule has 0 saturated carbocycles. The van der Waals surface area contributed by atoms with Gasteiger partial charge in [-0.15, -0.1) is 0 Å². The quantitative estimate of drug-likeness (QED) is 0.736. The Balaban J connectivity index is 1.91. The van der Waals surface area contributed by atoms with Gasteiger partial charge in [-0.25, -0.2) is 0 Å². The van der Waals surface area contributed by atoms with Gasteiger partial charge in [0.05, 0.1) is 11.0 Å². The third-order valence-corrected chi connectivity index (χ3v) is 4.33. The Kier molecular flexibility index (Phi) is 4.27. The van der Waals surface area contributed by atoms with Crippen LogP contribution in [0, 0.1) is 6.92 Å². The molecule has 0 fully saturated rings. The van der Waals surface area contributed by atoms with Gasteiger partial charge in [0.25, 0.3) is 5.91 Å². The molecule has 128 valence electrons. The summed E-state index contributed by atoms with van der Waals surface area (Å²) in [4.78, 5) is 36.2. The number of hydrogen-bond donors (Lipinski definition) is 1. The van der Waals surface area contributed by atoms with Gasteiger partial charge in [0.2, 0.25) is 0 Å². The van der Waals surface area contributed by atoms with Crippen molar-refractivity contribution in [3.63, 3.8) is 0 Å². The molecule has 0 aliphatic heterocycles. The summed E-state index contributed by atoms with van der Waals surface area (Å²) in [6, 6.07) is 12.9. The summed E-state index contributed by atoms with van der Waals surface area (Å²) in [6.07, 6.45) is 0. The maximum absolute atomic E-state index is 12.4. The number of nitrogens with zero attached hydrogens (tertiary/aromatic N) is 2. The molecule has 0 unspecified atom stereocenters. The fraction of sp³-hybridized carbons (Fsp3) is 0.211.